The zero-order valence-corrected chi connectivity index (χ0v) is 14.6. The minimum Gasteiger partial charge on any atom is -0.293 e. The van der Waals surface area contributed by atoms with Gasteiger partial charge in [-0.25, -0.2) is 4.98 Å². The van der Waals surface area contributed by atoms with E-state index in [0.717, 1.165) is 5.82 Å². The molecule has 0 fully saturated rings. The normalized spacial score (nSPS) is 11.3. The molecule has 0 unspecified atom stereocenters. The van der Waals surface area contributed by atoms with Gasteiger partial charge in [0, 0.05) is 22.5 Å². The van der Waals surface area contributed by atoms with Gasteiger partial charge in [-0.15, -0.1) is 0 Å². The summed E-state index contributed by atoms with van der Waals surface area (Å²) in [6, 6.07) is 29.9. The molecule has 0 aliphatic rings. The molecule has 26 heavy (non-hydrogen) atoms. The number of benzene rings is 3. The highest BCUT2D eigenvalue weighted by atomic mass is 15.1. The highest BCUT2D eigenvalue weighted by Crippen LogP contribution is 2.37. The van der Waals surface area contributed by atoms with E-state index in [1.807, 2.05) is 18.3 Å². The Balaban J connectivity index is 1.96. The standard InChI is InChI=1S/C24H18N2/c1-17-12-14-18(15-13-17)19-8-6-9-21-20-7-2-3-10-22(20)26(24(19)21)23-11-4-5-16-25-23/h2-16H,1H3. The predicted octanol–water partition coefficient (Wildman–Crippen LogP) is 6.15. The predicted molar refractivity (Wildman–Crippen MR) is 109 cm³/mol. The van der Waals surface area contributed by atoms with Crippen LogP contribution in [0, 0.1) is 6.92 Å². The van der Waals surface area contributed by atoms with Crippen LogP contribution in [0.5, 0.6) is 0 Å². The van der Waals surface area contributed by atoms with Gasteiger partial charge >= 0.3 is 0 Å². The van der Waals surface area contributed by atoms with Crippen molar-refractivity contribution in [2.24, 2.45) is 0 Å². The number of aryl methyl sites for hydroxylation is 1. The highest BCUT2D eigenvalue weighted by molar-refractivity contribution is 6.13. The highest BCUT2D eigenvalue weighted by Gasteiger charge is 2.16. The van der Waals surface area contributed by atoms with Crippen molar-refractivity contribution in [3.63, 3.8) is 0 Å². The molecular weight excluding hydrogens is 316 g/mol. The Hall–Kier alpha value is -3.39. The van der Waals surface area contributed by atoms with Gasteiger partial charge in [-0.1, -0.05) is 72.3 Å². The van der Waals surface area contributed by atoms with Gasteiger partial charge in [0.05, 0.1) is 11.0 Å². The maximum atomic E-state index is 4.63. The van der Waals surface area contributed by atoms with Crippen LogP contribution in [0.3, 0.4) is 0 Å². The lowest BCUT2D eigenvalue weighted by Gasteiger charge is -2.11. The summed E-state index contributed by atoms with van der Waals surface area (Å²) in [7, 11) is 0. The van der Waals surface area contributed by atoms with Gasteiger partial charge in [0.25, 0.3) is 0 Å². The number of hydrogen-bond donors (Lipinski definition) is 0. The van der Waals surface area contributed by atoms with Crippen LogP contribution in [-0.4, -0.2) is 9.55 Å². The third kappa shape index (κ3) is 2.23. The summed E-state index contributed by atoms with van der Waals surface area (Å²) in [5, 5.41) is 2.51. The summed E-state index contributed by atoms with van der Waals surface area (Å²) in [5.74, 6) is 0.943. The van der Waals surface area contributed by atoms with Crippen molar-refractivity contribution in [3.8, 4) is 16.9 Å². The van der Waals surface area contributed by atoms with Crippen molar-refractivity contribution in [1.82, 2.24) is 9.55 Å². The van der Waals surface area contributed by atoms with Gasteiger partial charge in [0.2, 0.25) is 0 Å². The summed E-state index contributed by atoms with van der Waals surface area (Å²) in [5.41, 5.74) is 6.11. The average Bonchev–Trinajstić information content (AvgIpc) is 3.04. The van der Waals surface area contributed by atoms with Crippen LogP contribution in [-0.2, 0) is 0 Å². The fourth-order valence-corrected chi connectivity index (χ4v) is 3.71. The molecule has 0 bridgehead atoms. The molecule has 124 valence electrons. The fourth-order valence-electron chi connectivity index (χ4n) is 3.71. The van der Waals surface area contributed by atoms with E-state index in [9.17, 15) is 0 Å². The van der Waals surface area contributed by atoms with Crippen molar-refractivity contribution < 1.29 is 0 Å². The largest absolute Gasteiger partial charge is 0.293 e. The van der Waals surface area contributed by atoms with E-state index in [0.29, 0.717) is 0 Å². The zero-order chi connectivity index (χ0) is 17.5. The molecule has 2 heteroatoms. The molecular formula is C24H18N2. The topological polar surface area (TPSA) is 17.8 Å². The molecule has 0 aliphatic heterocycles. The first-order valence-corrected chi connectivity index (χ1v) is 8.83. The molecule has 0 atom stereocenters. The lowest BCUT2D eigenvalue weighted by Crippen LogP contribution is -1.97. The second-order valence-corrected chi connectivity index (χ2v) is 6.61. The molecule has 0 aliphatic carbocycles. The number of pyridine rings is 1. The molecule has 0 saturated heterocycles. The Labute approximate surface area is 152 Å². The maximum absolute atomic E-state index is 4.63. The summed E-state index contributed by atoms with van der Waals surface area (Å²) in [6.07, 6.45) is 1.85. The number of aromatic nitrogens is 2. The summed E-state index contributed by atoms with van der Waals surface area (Å²) in [4.78, 5) is 4.63. The quantitative estimate of drug-likeness (QED) is 0.378. The Morgan fingerprint density at radius 2 is 1.46 bits per heavy atom. The Kier molecular flexibility index (Phi) is 3.36. The number of hydrogen-bond acceptors (Lipinski definition) is 1. The zero-order valence-electron chi connectivity index (χ0n) is 14.6. The fraction of sp³-hybridized carbons (Fsp3) is 0.0417. The number of para-hydroxylation sites is 2. The van der Waals surface area contributed by atoms with Crippen LogP contribution >= 0.6 is 0 Å². The first kappa shape index (κ1) is 14.9. The molecule has 2 heterocycles. The van der Waals surface area contributed by atoms with Crippen molar-refractivity contribution >= 4 is 21.8 Å². The van der Waals surface area contributed by atoms with Crippen molar-refractivity contribution in [2.75, 3.05) is 0 Å². The number of fused-ring (bicyclic) bond motifs is 3. The van der Waals surface area contributed by atoms with Crippen LogP contribution in [0.1, 0.15) is 5.56 Å². The maximum Gasteiger partial charge on any atom is 0.137 e. The minimum atomic E-state index is 0.943. The first-order chi connectivity index (χ1) is 12.8. The van der Waals surface area contributed by atoms with E-state index in [1.165, 1.54) is 38.5 Å². The third-order valence-corrected chi connectivity index (χ3v) is 4.94. The van der Waals surface area contributed by atoms with E-state index >= 15 is 0 Å². The molecule has 5 aromatic rings. The van der Waals surface area contributed by atoms with Gasteiger partial charge in [-0.2, -0.15) is 0 Å². The smallest absolute Gasteiger partial charge is 0.137 e. The Bertz CT molecular complexity index is 1220. The van der Waals surface area contributed by atoms with Gasteiger partial charge in [0.15, 0.2) is 0 Å². The van der Waals surface area contributed by atoms with Gasteiger partial charge in [-0.05, 0) is 30.7 Å². The first-order valence-electron chi connectivity index (χ1n) is 8.83. The molecule has 2 nitrogen and oxygen atoms in total. The van der Waals surface area contributed by atoms with E-state index in [2.05, 4.69) is 89.3 Å². The van der Waals surface area contributed by atoms with Crippen LogP contribution in [0.4, 0.5) is 0 Å². The van der Waals surface area contributed by atoms with E-state index in [4.69, 9.17) is 0 Å². The van der Waals surface area contributed by atoms with Crippen molar-refractivity contribution in [1.29, 1.82) is 0 Å². The second kappa shape index (κ2) is 5.85. The molecule has 0 N–H and O–H groups in total. The minimum absolute atomic E-state index is 0.943. The third-order valence-electron chi connectivity index (χ3n) is 4.94. The summed E-state index contributed by atoms with van der Waals surface area (Å²) >= 11 is 0. The molecule has 0 spiro atoms. The number of rotatable bonds is 2. The number of nitrogens with zero attached hydrogens (tertiary/aromatic N) is 2. The van der Waals surface area contributed by atoms with Crippen LogP contribution in [0.25, 0.3) is 38.8 Å². The lowest BCUT2D eigenvalue weighted by molar-refractivity contribution is 1.08. The van der Waals surface area contributed by atoms with Gasteiger partial charge in [0.1, 0.15) is 5.82 Å². The Morgan fingerprint density at radius 1 is 0.692 bits per heavy atom. The second-order valence-electron chi connectivity index (χ2n) is 6.61. The van der Waals surface area contributed by atoms with E-state index < -0.39 is 0 Å². The average molecular weight is 334 g/mol. The molecule has 2 aromatic heterocycles. The van der Waals surface area contributed by atoms with Crippen LogP contribution < -0.4 is 0 Å². The van der Waals surface area contributed by atoms with Crippen molar-refractivity contribution in [3.05, 3.63) is 96.7 Å². The van der Waals surface area contributed by atoms with Crippen LogP contribution in [0.2, 0.25) is 0 Å². The molecule has 0 radical (unpaired) electrons. The summed E-state index contributed by atoms with van der Waals surface area (Å²) < 4.78 is 2.28. The summed E-state index contributed by atoms with van der Waals surface area (Å²) in [6.45, 7) is 2.12. The molecule has 3 aromatic carbocycles. The molecule has 0 amide bonds. The lowest BCUT2D eigenvalue weighted by atomic mass is 10.0. The Morgan fingerprint density at radius 3 is 2.27 bits per heavy atom. The van der Waals surface area contributed by atoms with Gasteiger partial charge in [-0.3, -0.25) is 4.57 Å². The van der Waals surface area contributed by atoms with Crippen LogP contribution in [0.15, 0.2) is 91.1 Å². The molecule has 5 rings (SSSR count). The van der Waals surface area contributed by atoms with E-state index in [-0.39, 0.29) is 0 Å². The van der Waals surface area contributed by atoms with E-state index in [1.54, 1.807) is 0 Å². The SMILES string of the molecule is Cc1ccc(-c2cccc3c4ccccc4n(-c4ccccn4)c23)cc1. The monoisotopic (exact) mass is 334 g/mol. The van der Waals surface area contributed by atoms with Crippen molar-refractivity contribution in [2.45, 2.75) is 6.92 Å². The van der Waals surface area contributed by atoms with Gasteiger partial charge < -0.3 is 0 Å². The molecule has 0 saturated carbocycles.